The van der Waals surface area contributed by atoms with Crippen molar-refractivity contribution >= 4 is 53.2 Å². The summed E-state index contributed by atoms with van der Waals surface area (Å²) < 4.78 is 0. The monoisotopic (exact) mass is 451 g/mol. The molecule has 2 heterocycles. The van der Waals surface area contributed by atoms with Crippen molar-refractivity contribution in [2.24, 2.45) is 0 Å². The van der Waals surface area contributed by atoms with Gasteiger partial charge in [0.05, 0.1) is 11.6 Å². The summed E-state index contributed by atoms with van der Waals surface area (Å²) in [5.74, 6) is 0.169. The molecule has 1 saturated heterocycles. The molecule has 2 aromatic carbocycles. The van der Waals surface area contributed by atoms with E-state index in [1.807, 2.05) is 59.6 Å². The van der Waals surface area contributed by atoms with Gasteiger partial charge in [-0.1, -0.05) is 48.0 Å². The second kappa shape index (κ2) is 10.8. The summed E-state index contributed by atoms with van der Waals surface area (Å²) in [5, 5.41) is 5.22. The fourth-order valence-electron chi connectivity index (χ4n) is 3.78. The highest BCUT2D eigenvalue weighted by Gasteiger charge is 2.28. The number of benzene rings is 2. The smallest absolute Gasteiger partial charge is 0.223 e. The van der Waals surface area contributed by atoms with Crippen molar-refractivity contribution in [2.75, 3.05) is 19.6 Å². The van der Waals surface area contributed by atoms with E-state index in [0.29, 0.717) is 24.4 Å². The summed E-state index contributed by atoms with van der Waals surface area (Å²) in [4.78, 5) is 19.4. The molecule has 1 atom stereocenters. The predicted molar refractivity (Wildman–Crippen MR) is 123 cm³/mol. The minimum absolute atomic E-state index is 0. The van der Waals surface area contributed by atoms with E-state index in [9.17, 15) is 4.79 Å². The third-order valence-electron chi connectivity index (χ3n) is 5.18. The number of carbonyl (C=O) groups is 1. The van der Waals surface area contributed by atoms with Crippen LogP contribution >= 0.6 is 36.4 Å². The number of rotatable bonds is 4. The maximum absolute atomic E-state index is 13.0. The number of fused-ring (bicyclic) bond motifs is 1. The van der Waals surface area contributed by atoms with Crippen molar-refractivity contribution in [1.29, 1.82) is 0 Å². The van der Waals surface area contributed by atoms with Gasteiger partial charge in [-0.25, -0.2) is 0 Å². The summed E-state index contributed by atoms with van der Waals surface area (Å²) in [5.41, 5.74) is 3.14. The van der Waals surface area contributed by atoms with Crippen molar-refractivity contribution in [3.05, 3.63) is 76.9 Å². The van der Waals surface area contributed by atoms with Gasteiger partial charge in [-0.05, 0) is 35.7 Å². The minimum atomic E-state index is -0.0193. The first-order valence-electron chi connectivity index (χ1n) is 9.31. The van der Waals surface area contributed by atoms with E-state index in [0.717, 1.165) is 29.6 Å². The maximum atomic E-state index is 13.0. The molecule has 7 heteroatoms. The van der Waals surface area contributed by atoms with E-state index in [-0.39, 0.29) is 36.8 Å². The Morgan fingerprint density at radius 2 is 1.86 bits per heavy atom. The zero-order valence-electron chi connectivity index (χ0n) is 15.9. The van der Waals surface area contributed by atoms with Gasteiger partial charge < -0.3 is 10.2 Å². The summed E-state index contributed by atoms with van der Waals surface area (Å²) >= 11 is 6.39. The van der Waals surface area contributed by atoms with E-state index in [1.165, 1.54) is 5.56 Å². The van der Waals surface area contributed by atoms with Gasteiger partial charge in [-0.3, -0.25) is 9.78 Å². The highest BCUT2D eigenvalue weighted by atomic mass is 35.5. The Hall–Kier alpha value is -1.85. The van der Waals surface area contributed by atoms with Gasteiger partial charge in [0.1, 0.15) is 0 Å². The van der Waals surface area contributed by atoms with Crippen LogP contribution in [0.5, 0.6) is 0 Å². The Morgan fingerprint density at radius 3 is 2.69 bits per heavy atom. The minimum Gasteiger partial charge on any atom is -0.333 e. The second-order valence-electron chi connectivity index (χ2n) is 6.82. The van der Waals surface area contributed by atoms with Crippen molar-refractivity contribution in [2.45, 2.75) is 18.9 Å². The molecule has 0 radical (unpaired) electrons. The normalized spacial score (nSPS) is 16.0. The second-order valence-corrected chi connectivity index (χ2v) is 7.22. The molecule has 3 aromatic rings. The van der Waals surface area contributed by atoms with Crippen LogP contribution in [0.4, 0.5) is 0 Å². The first-order valence-corrected chi connectivity index (χ1v) is 9.69. The lowest BCUT2D eigenvalue weighted by atomic mass is 10.0. The molecule has 0 saturated carbocycles. The summed E-state index contributed by atoms with van der Waals surface area (Å²) in [6, 6.07) is 17.9. The molecule has 0 spiro atoms. The number of para-hydroxylation sites is 1. The maximum Gasteiger partial charge on any atom is 0.223 e. The van der Waals surface area contributed by atoms with Gasteiger partial charge in [0.2, 0.25) is 5.91 Å². The molecule has 0 aliphatic carbocycles. The Balaban J connectivity index is 0.00000150. The number of amides is 1. The number of halogens is 3. The van der Waals surface area contributed by atoms with Crippen LogP contribution in [0.2, 0.25) is 5.02 Å². The Kier molecular flexibility index (Phi) is 8.72. The number of carbonyl (C=O) groups excluding carboxylic acids is 1. The van der Waals surface area contributed by atoms with Crippen LogP contribution in [0.15, 0.2) is 60.8 Å². The quantitative estimate of drug-likeness (QED) is 0.616. The lowest BCUT2D eigenvalue weighted by molar-refractivity contribution is -0.134. The zero-order valence-corrected chi connectivity index (χ0v) is 18.3. The Morgan fingerprint density at radius 1 is 1.10 bits per heavy atom. The number of nitrogens with zero attached hydrogens (tertiary/aromatic N) is 2. The number of aryl methyl sites for hydroxylation is 1. The van der Waals surface area contributed by atoms with E-state index in [4.69, 9.17) is 11.6 Å². The molecule has 1 N–H and O–H groups in total. The van der Waals surface area contributed by atoms with Gasteiger partial charge in [-0.2, -0.15) is 0 Å². The van der Waals surface area contributed by atoms with Crippen molar-refractivity contribution in [1.82, 2.24) is 15.2 Å². The molecule has 0 bridgehead atoms. The molecule has 1 aliphatic heterocycles. The number of piperazine rings is 1. The van der Waals surface area contributed by atoms with Crippen molar-refractivity contribution < 1.29 is 4.79 Å². The average Bonchev–Trinajstić information content (AvgIpc) is 2.72. The van der Waals surface area contributed by atoms with Crippen LogP contribution in [0.1, 0.15) is 23.6 Å². The number of hydrogen-bond donors (Lipinski definition) is 1. The largest absolute Gasteiger partial charge is 0.333 e. The van der Waals surface area contributed by atoms with Gasteiger partial charge in [-0.15, -0.1) is 24.8 Å². The lowest BCUT2D eigenvalue weighted by Crippen LogP contribution is -2.48. The molecule has 1 amide bonds. The number of aromatic nitrogens is 1. The van der Waals surface area contributed by atoms with Crippen LogP contribution in [0.25, 0.3) is 10.9 Å². The molecular weight excluding hydrogens is 429 g/mol. The van der Waals surface area contributed by atoms with Crippen LogP contribution in [0.3, 0.4) is 0 Å². The first kappa shape index (κ1) is 23.4. The fraction of sp³-hybridized carbons (Fsp3) is 0.273. The molecule has 29 heavy (non-hydrogen) atoms. The third kappa shape index (κ3) is 5.20. The van der Waals surface area contributed by atoms with Crippen molar-refractivity contribution in [3.8, 4) is 0 Å². The first-order chi connectivity index (χ1) is 13.2. The topological polar surface area (TPSA) is 45.2 Å². The highest BCUT2D eigenvalue weighted by molar-refractivity contribution is 6.31. The van der Waals surface area contributed by atoms with Crippen LogP contribution < -0.4 is 5.32 Å². The van der Waals surface area contributed by atoms with Gasteiger partial charge >= 0.3 is 0 Å². The summed E-state index contributed by atoms with van der Waals surface area (Å²) in [7, 11) is 0. The van der Waals surface area contributed by atoms with Crippen LogP contribution in [-0.4, -0.2) is 35.4 Å². The fourth-order valence-corrected chi connectivity index (χ4v) is 4.05. The van der Waals surface area contributed by atoms with Crippen molar-refractivity contribution in [3.63, 3.8) is 0 Å². The SMILES string of the molecule is Cl.Cl.O=C(CCc1ccnc2ccccc12)N1CCNCC1c1ccccc1Cl. The molecule has 1 unspecified atom stereocenters. The van der Waals surface area contributed by atoms with E-state index < -0.39 is 0 Å². The Bertz CT molecular complexity index is 961. The van der Waals surface area contributed by atoms with E-state index in [2.05, 4.69) is 16.4 Å². The van der Waals surface area contributed by atoms with Gasteiger partial charge in [0.15, 0.2) is 0 Å². The molecule has 154 valence electrons. The van der Waals surface area contributed by atoms with Crippen LogP contribution in [-0.2, 0) is 11.2 Å². The lowest BCUT2D eigenvalue weighted by Gasteiger charge is -2.37. The number of hydrogen-bond acceptors (Lipinski definition) is 3. The van der Waals surface area contributed by atoms with E-state index in [1.54, 1.807) is 0 Å². The Labute approximate surface area is 188 Å². The van der Waals surface area contributed by atoms with Crippen LogP contribution in [0, 0.1) is 0 Å². The van der Waals surface area contributed by atoms with E-state index >= 15 is 0 Å². The average molecular weight is 453 g/mol. The molecule has 1 aliphatic rings. The summed E-state index contributed by atoms with van der Waals surface area (Å²) in [6.45, 7) is 2.24. The molecule has 1 aromatic heterocycles. The predicted octanol–water partition coefficient (Wildman–Crippen LogP) is 4.84. The molecule has 1 fully saturated rings. The third-order valence-corrected chi connectivity index (χ3v) is 5.52. The standard InChI is InChI=1S/C22H22ClN3O.2ClH/c23-19-7-3-1-6-18(19)21-15-24-13-14-26(21)22(27)10-9-16-11-12-25-20-8-4-2-5-17(16)20;;/h1-8,11-12,21,24H,9-10,13-15H2;2*1H. The highest BCUT2D eigenvalue weighted by Crippen LogP contribution is 2.29. The molecule has 4 nitrogen and oxygen atoms in total. The zero-order chi connectivity index (χ0) is 18.6. The molecular formula is C22H24Cl3N3O. The number of nitrogens with one attached hydrogen (secondary N) is 1. The van der Waals surface area contributed by atoms with Gasteiger partial charge in [0.25, 0.3) is 0 Å². The number of pyridine rings is 1. The van der Waals surface area contributed by atoms with Gasteiger partial charge in [0, 0.05) is 42.7 Å². The molecule has 4 rings (SSSR count). The summed E-state index contributed by atoms with van der Waals surface area (Å²) in [6.07, 6.45) is 3.01.